The van der Waals surface area contributed by atoms with E-state index in [9.17, 15) is 22.7 Å². The maximum atomic E-state index is 13.1. The molecular weight excluding hydrogens is 373 g/mol. The summed E-state index contributed by atoms with van der Waals surface area (Å²) in [5.41, 5.74) is -0.0331. The summed E-state index contributed by atoms with van der Waals surface area (Å²) in [5.74, 6) is -1.85. The average Bonchev–Trinajstić information content (AvgIpc) is 2.55. The molecule has 0 aliphatic carbocycles. The first-order chi connectivity index (χ1) is 11.7. The molecule has 25 heavy (non-hydrogen) atoms. The number of benzene rings is 2. The number of sulfonamides is 1. The van der Waals surface area contributed by atoms with E-state index in [1.54, 1.807) is 0 Å². The van der Waals surface area contributed by atoms with Gasteiger partial charge in [-0.15, -0.1) is 0 Å². The van der Waals surface area contributed by atoms with Gasteiger partial charge in [-0.25, -0.2) is 21.9 Å². The molecule has 1 atom stereocenters. The number of hydrogen-bond donors (Lipinski definition) is 1. The molecule has 2 aromatic rings. The Kier molecular flexibility index (Phi) is 5.54. The molecule has 0 spiro atoms. The van der Waals surface area contributed by atoms with E-state index in [-0.39, 0.29) is 21.4 Å². The maximum absolute atomic E-state index is 13.1. The Morgan fingerprint density at radius 3 is 2.36 bits per heavy atom. The lowest BCUT2D eigenvalue weighted by atomic mass is 10.2. The minimum Gasteiger partial charge on any atom is -0.495 e. The van der Waals surface area contributed by atoms with Crippen molar-refractivity contribution in [2.45, 2.75) is 17.9 Å². The van der Waals surface area contributed by atoms with Gasteiger partial charge in [0.2, 0.25) is 0 Å². The third kappa shape index (κ3) is 3.85. The van der Waals surface area contributed by atoms with Gasteiger partial charge < -0.3 is 9.84 Å². The van der Waals surface area contributed by atoms with Gasteiger partial charge in [0.05, 0.1) is 17.7 Å². The van der Waals surface area contributed by atoms with Crippen molar-refractivity contribution in [3.63, 3.8) is 0 Å². The van der Waals surface area contributed by atoms with Gasteiger partial charge in [-0.3, -0.25) is 0 Å². The third-order valence-corrected chi connectivity index (χ3v) is 5.59. The highest BCUT2D eigenvalue weighted by Crippen LogP contribution is 2.36. The van der Waals surface area contributed by atoms with Gasteiger partial charge in [0.1, 0.15) is 17.6 Å². The summed E-state index contributed by atoms with van der Waals surface area (Å²) in [7, 11) is -3.00. The first kappa shape index (κ1) is 19.0. The molecule has 0 saturated heterocycles. The van der Waals surface area contributed by atoms with Crippen LogP contribution in [0.2, 0.25) is 5.02 Å². The molecule has 0 bridgehead atoms. The van der Waals surface area contributed by atoms with E-state index in [4.69, 9.17) is 16.3 Å². The van der Waals surface area contributed by atoms with Gasteiger partial charge in [-0.1, -0.05) is 11.6 Å². The first-order valence-corrected chi connectivity index (χ1v) is 8.86. The van der Waals surface area contributed by atoms with Crippen LogP contribution in [0.3, 0.4) is 0 Å². The molecule has 0 aliphatic rings. The maximum Gasteiger partial charge on any atom is 0.327 e. The molecule has 0 fully saturated rings. The van der Waals surface area contributed by atoms with Crippen LogP contribution in [-0.4, -0.2) is 32.6 Å². The fourth-order valence-electron chi connectivity index (χ4n) is 2.20. The van der Waals surface area contributed by atoms with E-state index in [1.165, 1.54) is 32.2 Å². The van der Waals surface area contributed by atoms with Gasteiger partial charge in [-0.2, -0.15) is 0 Å². The number of carboxylic acids is 1. The Bertz CT molecular complexity index is 886. The largest absolute Gasteiger partial charge is 0.495 e. The molecule has 0 radical (unpaired) electrons. The zero-order valence-corrected chi connectivity index (χ0v) is 14.9. The summed E-state index contributed by atoms with van der Waals surface area (Å²) in [6, 6.07) is 6.82. The number of halogens is 2. The summed E-state index contributed by atoms with van der Waals surface area (Å²) >= 11 is 5.94. The predicted octanol–water partition coefficient (Wildman–Crippen LogP) is 3.16. The molecule has 0 aromatic heterocycles. The Labute approximate surface area is 149 Å². The van der Waals surface area contributed by atoms with Crippen LogP contribution in [0.4, 0.5) is 10.1 Å². The van der Waals surface area contributed by atoms with Gasteiger partial charge in [-0.05, 0) is 49.4 Å². The summed E-state index contributed by atoms with van der Waals surface area (Å²) in [4.78, 5) is 11.2. The fourth-order valence-corrected chi connectivity index (χ4v) is 3.98. The van der Waals surface area contributed by atoms with Gasteiger partial charge in [0.25, 0.3) is 10.0 Å². The molecule has 6 nitrogen and oxygen atoms in total. The second kappa shape index (κ2) is 7.28. The zero-order valence-electron chi connectivity index (χ0n) is 13.3. The second-order valence-electron chi connectivity index (χ2n) is 5.09. The van der Waals surface area contributed by atoms with E-state index in [0.29, 0.717) is 4.31 Å². The van der Waals surface area contributed by atoms with Crippen molar-refractivity contribution < 1.29 is 27.4 Å². The van der Waals surface area contributed by atoms with E-state index in [2.05, 4.69) is 0 Å². The standard InChI is InChI=1S/C16H15ClFNO5S/c1-10(16(20)21)19(14-9-11(17)3-8-15(14)24-2)25(22,23)13-6-4-12(18)5-7-13/h3-10H,1-2H3,(H,20,21). The number of hydrogen-bond acceptors (Lipinski definition) is 4. The molecule has 9 heteroatoms. The molecule has 0 aliphatic heterocycles. The fraction of sp³-hybridized carbons (Fsp3) is 0.188. The number of carbonyl (C=O) groups is 1. The number of methoxy groups -OCH3 is 1. The van der Waals surface area contributed by atoms with E-state index < -0.39 is 27.9 Å². The molecule has 1 unspecified atom stereocenters. The van der Waals surface area contributed by atoms with E-state index in [1.807, 2.05) is 0 Å². The van der Waals surface area contributed by atoms with E-state index in [0.717, 1.165) is 24.3 Å². The Balaban J connectivity index is 2.71. The zero-order chi connectivity index (χ0) is 18.8. The lowest BCUT2D eigenvalue weighted by molar-refractivity contribution is -0.137. The van der Waals surface area contributed by atoms with Crippen LogP contribution in [0.25, 0.3) is 0 Å². The molecule has 134 valence electrons. The SMILES string of the molecule is COc1ccc(Cl)cc1N(C(C)C(=O)O)S(=O)(=O)c1ccc(F)cc1. The molecule has 1 N–H and O–H groups in total. The Morgan fingerprint density at radius 2 is 1.84 bits per heavy atom. The van der Waals surface area contributed by atoms with Crippen molar-refractivity contribution in [3.05, 3.63) is 53.3 Å². The van der Waals surface area contributed by atoms with Crippen LogP contribution < -0.4 is 9.04 Å². The minimum atomic E-state index is -4.32. The third-order valence-electron chi connectivity index (χ3n) is 3.46. The highest BCUT2D eigenvalue weighted by Gasteiger charge is 2.35. The molecule has 0 heterocycles. The summed E-state index contributed by atoms with van der Waals surface area (Å²) in [5, 5.41) is 9.56. The molecule has 0 saturated carbocycles. The van der Waals surface area contributed by atoms with Crippen molar-refractivity contribution in [2.24, 2.45) is 0 Å². The topological polar surface area (TPSA) is 83.9 Å². The highest BCUT2D eigenvalue weighted by molar-refractivity contribution is 7.93. The van der Waals surface area contributed by atoms with Crippen LogP contribution >= 0.6 is 11.6 Å². The van der Waals surface area contributed by atoms with Crippen molar-refractivity contribution >= 4 is 33.3 Å². The number of ether oxygens (including phenoxy) is 1. The van der Waals surface area contributed by atoms with Crippen LogP contribution in [0.1, 0.15) is 6.92 Å². The van der Waals surface area contributed by atoms with Crippen LogP contribution in [0, 0.1) is 5.82 Å². The smallest absolute Gasteiger partial charge is 0.327 e. The number of carboxylic acid groups (broad SMARTS) is 1. The number of aliphatic carboxylic acids is 1. The first-order valence-electron chi connectivity index (χ1n) is 7.05. The normalized spacial score (nSPS) is 12.5. The van der Waals surface area contributed by atoms with Crippen molar-refractivity contribution in [1.82, 2.24) is 0 Å². The highest BCUT2D eigenvalue weighted by atomic mass is 35.5. The molecule has 2 rings (SSSR count). The Morgan fingerprint density at radius 1 is 1.24 bits per heavy atom. The predicted molar refractivity (Wildman–Crippen MR) is 91.2 cm³/mol. The van der Waals surface area contributed by atoms with Gasteiger partial charge >= 0.3 is 5.97 Å². The van der Waals surface area contributed by atoms with Crippen molar-refractivity contribution in [2.75, 3.05) is 11.4 Å². The molecule has 0 amide bonds. The average molecular weight is 388 g/mol. The number of anilines is 1. The number of rotatable bonds is 6. The second-order valence-corrected chi connectivity index (χ2v) is 7.34. The van der Waals surface area contributed by atoms with Crippen molar-refractivity contribution in [1.29, 1.82) is 0 Å². The van der Waals surface area contributed by atoms with Gasteiger partial charge in [0, 0.05) is 5.02 Å². The summed E-state index contributed by atoms with van der Waals surface area (Å²) in [6.07, 6.45) is 0. The molecule has 2 aromatic carbocycles. The Hall–Kier alpha value is -2.32. The van der Waals surface area contributed by atoms with Crippen LogP contribution in [0.5, 0.6) is 5.75 Å². The number of nitrogens with zero attached hydrogens (tertiary/aromatic N) is 1. The van der Waals surface area contributed by atoms with E-state index >= 15 is 0 Å². The lowest BCUT2D eigenvalue weighted by Gasteiger charge is -2.29. The van der Waals surface area contributed by atoms with Gasteiger partial charge in [0.15, 0.2) is 0 Å². The van der Waals surface area contributed by atoms with Crippen molar-refractivity contribution in [3.8, 4) is 5.75 Å². The lowest BCUT2D eigenvalue weighted by Crippen LogP contribution is -2.43. The van der Waals surface area contributed by atoms with Crippen LogP contribution in [-0.2, 0) is 14.8 Å². The van der Waals surface area contributed by atoms with Crippen LogP contribution in [0.15, 0.2) is 47.4 Å². The summed E-state index contributed by atoms with van der Waals surface area (Å²) in [6.45, 7) is 1.21. The molecular formula is C16H15ClFNO5S. The minimum absolute atomic E-state index is 0.0331. The summed E-state index contributed by atoms with van der Waals surface area (Å²) < 4.78 is 45.0. The quantitative estimate of drug-likeness (QED) is 0.823. The monoisotopic (exact) mass is 387 g/mol.